The molecule has 24 heavy (non-hydrogen) atoms. The first kappa shape index (κ1) is 16.1. The lowest BCUT2D eigenvalue weighted by Gasteiger charge is -2.13. The number of nitrogens with two attached hydrogens (primary N) is 1. The van der Waals surface area contributed by atoms with E-state index in [1.54, 1.807) is 14.2 Å². The van der Waals surface area contributed by atoms with Crippen molar-refractivity contribution in [2.45, 2.75) is 13.5 Å². The van der Waals surface area contributed by atoms with Gasteiger partial charge in [-0.2, -0.15) is 5.10 Å². The Balaban J connectivity index is 2.21. The van der Waals surface area contributed by atoms with Crippen LogP contribution in [0.2, 0.25) is 0 Å². The quantitative estimate of drug-likeness (QED) is 0.782. The molecule has 0 saturated heterocycles. The first-order valence-corrected chi connectivity index (χ1v) is 7.74. The molecule has 3 rings (SSSR count). The fourth-order valence-corrected chi connectivity index (χ4v) is 2.61. The molecule has 0 amide bonds. The van der Waals surface area contributed by atoms with Gasteiger partial charge in [0, 0.05) is 18.2 Å². The average Bonchev–Trinajstić information content (AvgIpc) is 3.06. The van der Waals surface area contributed by atoms with Gasteiger partial charge in [-0.25, -0.2) is 4.68 Å². The van der Waals surface area contributed by atoms with Crippen LogP contribution in [0.15, 0.2) is 48.5 Å². The van der Waals surface area contributed by atoms with Crippen molar-refractivity contribution in [2.24, 2.45) is 5.73 Å². The summed E-state index contributed by atoms with van der Waals surface area (Å²) in [7, 11) is 3.28. The van der Waals surface area contributed by atoms with E-state index in [2.05, 4.69) is 36.3 Å². The van der Waals surface area contributed by atoms with E-state index < -0.39 is 0 Å². The topological polar surface area (TPSA) is 62.3 Å². The molecule has 5 heteroatoms. The minimum Gasteiger partial charge on any atom is -0.497 e. The lowest BCUT2D eigenvalue weighted by Crippen LogP contribution is -2.04. The van der Waals surface area contributed by atoms with Gasteiger partial charge in [0.2, 0.25) is 0 Å². The molecule has 0 aliphatic rings. The smallest absolute Gasteiger partial charge is 0.144 e. The number of rotatable bonds is 5. The third kappa shape index (κ3) is 2.98. The van der Waals surface area contributed by atoms with Crippen molar-refractivity contribution in [3.8, 4) is 28.4 Å². The Morgan fingerprint density at radius 1 is 1.00 bits per heavy atom. The van der Waals surface area contributed by atoms with Crippen molar-refractivity contribution in [3.63, 3.8) is 0 Å². The molecule has 2 N–H and O–H groups in total. The van der Waals surface area contributed by atoms with Crippen LogP contribution in [0.1, 0.15) is 11.3 Å². The standard InChI is InChI=1S/C19H21N3O2/c1-13-4-6-14(7-5-13)17-10-15(12-20)21-22(17)18-11-16(23-2)8-9-19(18)24-3/h4-11H,12,20H2,1-3H3. The summed E-state index contributed by atoms with van der Waals surface area (Å²) < 4.78 is 12.7. The van der Waals surface area contributed by atoms with Gasteiger partial charge in [0.25, 0.3) is 0 Å². The molecule has 124 valence electrons. The number of hydrogen-bond donors (Lipinski definition) is 1. The summed E-state index contributed by atoms with van der Waals surface area (Å²) in [6, 6.07) is 16.0. The van der Waals surface area contributed by atoms with Gasteiger partial charge in [-0.3, -0.25) is 0 Å². The molecule has 0 atom stereocenters. The van der Waals surface area contributed by atoms with Crippen LogP contribution in [0.4, 0.5) is 0 Å². The Bertz CT molecular complexity index is 838. The van der Waals surface area contributed by atoms with E-state index in [1.807, 2.05) is 28.9 Å². The van der Waals surface area contributed by atoms with Gasteiger partial charge < -0.3 is 15.2 Å². The van der Waals surface area contributed by atoms with Gasteiger partial charge in [-0.15, -0.1) is 0 Å². The molecule has 0 aliphatic heterocycles. The van der Waals surface area contributed by atoms with E-state index in [-0.39, 0.29) is 0 Å². The molecular weight excluding hydrogens is 302 g/mol. The summed E-state index contributed by atoms with van der Waals surface area (Å²) in [6.45, 7) is 2.44. The van der Waals surface area contributed by atoms with Crippen LogP contribution < -0.4 is 15.2 Å². The summed E-state index contributed by atoms with van der Waals surface area (Å²) in [5.41, 5.74) is 10.7. The zero-order valence-electron chi connectivity index (χ0n) is 14.1. The molecule has 0 fully saturated rings. The van der Waals surface area contributed by atoms with Crippen molar-refractivity contribution in [1.29, 1.82) is 0 Å². The van der Waals surface area contributed by atoms with Crippen LogP contribution in [0.3, 0.4) is 0 Å². The van der Waals surface area contributed by atoms with Gasteiger partial charge in [0.15, 0.2) is 0 Å². The summed E-state index contributed by atoms with van der Waals surface area (Å²) in [5.74, 6) is 1.46. The van der Waals surface area contributed by atoms with Gasteiger partial charge >= 0.3 is 0 Å². The van der Waals surface area contributed by atoms with E-state index in [0.29, 0.717) is 6.54 Å². The van der Waals surface area contributed by atoms with Crippen LogP contribution in [0, 0.1) is 6.92 Å². The number of ether oxygens (including phenoxy) is 2. The molecular formula is C19H21N3O2. The highest BCUT2D eigenvalue weighted by molar-refractivity contribution is 5.65. The maximum Gasteiger partial charge on any atom is 0.144 e. The maximum absolute atomic E-state index is 5.81. The van der Waals surface area contributed by atoms with Crippen LogP contribution in [0.25, 0.3) is 16.9 Å². The monoisotopic (exact) mass is 323 g/mol. The molecule has 5 nitrogen and oxygen atoms in total. The number of nitrogens with zero attached hydrogens (tertiary/aromatic N) is 2. The number of methoxy groups -OCH3 is 2. The fourth-order valence-electron chi connectivity index (χ4n) is 2.61. The predicted octanol–water partition coefficient (Wildman–Crippen LogP) is 3.32. The molecule has 3 aromatic rings. The second-order valence-electron chi connectivity index (χ2n) is 5.54. The molecule has 1 heterocycles. The van der Waals surface area contributed by atoms with Crippen LogP contribution in [-0.2, 0) is 6.54 Å². The third-order valence-electron chi connectivity index (χ3n) is 3.93. The summed E-state index contributed by atoms with van der Waals surface area (Å²) in [4.78, 5) is 0. The lowest BCUT2D eigenvalue weighted by atomic mass is 10.1. The van der Waals surface area contributed by atoms with E-state index in [0.717, 1.165) is 34.1 Å². The third-order valence-corrected chi connectivity index (χ3v) is 3.93. The second-order valence-corrected chi connectivity index (χ2v) is 5.54. The zero-order valence-corrected chi connectivity index (χ0v) is 14.1. The van der Waals surface area contributed by atoms with Gasteiger partial charge in [0.05, 0.1) is 25.6 Å². The highest BCUT2D eigenvalue weighted by Gasteiger charge is 2.15. The van der Waals surface area contributed by atoms with Crippen molar-refractivity contribution in [1.82, 2.24) is 9.78 Å². The highest BCUT2D eigenvalue weighted by atomic mass is 16.5. The minimum atomic E-state index is 0.373. The highest BCUT2D eigenvalue weighted by Crippen LogP contribution is 2.32. The minimum absolute atomic E-state index is 0.373. The fraction of sp³-hybridized carbons (Fsp3) is 0.211. The van der Waals surface area contributed by atoms with Crippen molar-refractivity contribution < 1.29 is 9.47 Å². The molecule has 0 spiro atoms. The molecule has 2 aromatic carbocycles. The Kier molecular flexibility index (Phi) is 4.53. The first-order chi connectivity index (χ1) is 11.7. The zero-order chi connectivity index (χ0) is 17.1. The molecule has 0 aliphatic carbocycles. The SMILES string of the molecule is COc1ccc(OC)c(-n2nc(CN)cc2-c2ccc(C)cc2)c1. The van der Waals surface area contributed by atoms with Crippen LogP contribution >= 0.6 is 0 Å². The predicted molar refractivity (Wildman–Crippen MR) is 94.7 cm³/mol. The normalized spacial score (nSPS) is 10.7. The number of hydrogen-bond acceptors (Lipinski definition) is 4. The summed E-state index contributed by atoms with van der Waals surface area (Å²) >= 11 is 0. The Hall–Kier alpha value is -2.79. The average molecular weight is 323 g/mol. The molecule has 1 aromatic heterocycles. The Labute approximate surface area is 141 Å². The van der Waals surface area contributed by atoms with Gasteiger partial charge in [-0.05, 0) is 25.1 Å². The van der Waals surface area contributed by atoms with Crippen molar-refractivity contribution in [2.75, 3.05) is 14.2 Å². The first-order valence-electron chi connectivity index (χ1n) is 7.74. The summed E-state index contributed by atoms with van der Waals surface area (Å²) in [5, 5.41) is 4.64. The van der Waals surface area contributed by atoms with Crippen LogP contribution in [0.5, 0.6) is 11.5 Å². The number of aromatic nitrogens is 2. The largest absolute Gasteiger partial charge is 0.497 e. The number of aryl methyl sites for hydroxylation is 1. The van der Waals surface area contributed by atoms with Gasteiger partial charge in [0.1, 0.15) is 17.2 Å². The van der Waals surface area contributed by atoms with E-state index in [1.165, 1.54) is 5.56 Å². The van der Waals surface area contributed by atoms with Crippen LogP contribution in [-0.4, -0.2) is 24.0 Å². The second kappa shape index (κ2) is 6.76. The Morgan fingerprint density at radius 2 is 1.75 bits per heavy atom. The molecule has 0 radical (unpaired) electrons. The lowest BCUT2D eigenvalue weighted by molar-refractivity contribution is 0.400. The van der Waals surface area contributed by atoms with E-state index >= 15 is 0 Å². The summed E-state index contributed by atoms with van der Waals surface area (Å²) in [6.07, 6.45) is 0. The van der Waals surface area contributed by atoms with Gasteiger partial charge in [-0.1, -0.05) is 29.8 Å². The molecule has 0 unspecified atom stereocenters. The number of benzene rings is 2. The molecule has 0 saturated carbocycles. The Morgan fingerprint density at radius 3 is 2.38 bits per heavy atom. The van der Waals surface area contributed by atoms with E-state index in [4.69, 9.17) is 15.2 Å². The van der Waals surface area contributed by atoms with Crippen molar-refractivity contribution >= 4 is 0 Å². The molecule has 0 bridgehead atoms. The van der Waals surface area contributed by atoms with Crippen molar-refractivity contribution in [3.05, 3.63) is 59.8 Å². The van der Waals surface area contributed by atoms with E-state index in [9.17, 15) is 0 Å². The maximum atomic E-state index is 5.81.